The molecule has 2 heterocycles. The number of benzene rings is 10. The van der Waals surface area contributed by atoms with Crippen LogP contribution in [0.1, 0.15) is 116 Å². The van der Waals surface area contributed by atoms with Crippen LogP contribution in [0.3, 0.4) is 0 Å². The highest BCUT2D eigenvalue weighted by molar-refractivity contribution is 6.11. The minimum absolute atomic E-state index is 0.555. The van der Waals surface area contributed by atoms with E-state index in [4.69, 9.17) is 14.4 Å². The number of hydrogen-bond donors (Lipinski definition) is 0. The van der Waals surface area contributed by atoms with Crippen LogP contribution in [0.5, 0.6) is 0 Å². The maximum Gasteiger partial charge on any atom is 0.160 e. The van der Waals surface area contributed by atoms with Gasteiger partial charge in [0.25, 0.3) is 0 Å². The molecule has 0 spiro atoms. The van der Waals surface area contributed by atoms with Crippen LogP contribution in [0.25, 0.3) is 145 Å². The Morgan fingerprint density at radius 1 is 0.341 bits per heavy atom. The van der Waals surface area contributed by atoms with E-state index in [0.29, 0.717) is 31.5 Å². The Hall–Kier alpha value is -8.92. The molecule has 3 heteroatoms. The third-order valence-electron chi connectivity index (χ3n) is 19.0. The first-order valence-electron chi connectivity index (χ1n) is 31.5. The number of hydrogen-bond acceptors (Lipinski definition) is 3. The Morgan fingerprint density at radius 2 is 0.756 bits per heavy atom. The van der Waals surface area contributed by atoms with E-state index < -0.39 is 17.7 Å². The third-order valence-corrected chi connectivity index (χ3v) is 19.0. The lowest BCUT2D eigenvalue weighted by molar-refractivity contribution is 0.670. The Bertz CT molecular complexity index is 4740. The van der Waals surface area contributed by atoms with Crippen LogP contribution in [0.2, 0.25) is 0 Å². The average Bonchev–Trinajstić information content (AvgIpc) is 3.34. The van der Waals surface area contributed by atoms with Crippen LogP contribution in [-0.2, 0) is 0 Å². The van der Waals surface area contributed by atoms with Gasteiger partial charge in [0.1, 0.15) is 11.2 Å². The van der Waals surface area contributed by atoms with Gasteiger partial charge in [-0.1, -0.05) is 227 Å². The summed E-state index contributed by atoms with van der Waals surface area (Å²) in [6.07, 6.45) is 11.9. The van der Waals surface area contributed by atoms with Crippen LogP contribution >= 0.6 is 0 Å². The Balaban J connectivity index is 0.952. The van der Waals surface area contributed by atoms with Crippen molar-refractivity contribution < 1.29 is 8.53 Å². The van der Waals surface area contributed by atoms with Crippen molar-refractivity contribution >= 4 is 21.9 Å². The van der Waals surface area contributed by atoms with E-state index in [2.05, 4.69) is 200 Å². The summed E-state index contributed by atoms with van der Waals surface area (Å²) in [7, 11) is 0. The van der Waals surface area contributed by atoms with Gasteiger partial charge in [-0.15, -0.1) is 0 Å². The van der Waals surface area contributed by atoms with E-state index in [9.17, 15) is 4.11 Å². The van der Waals surface area contributed by atoms with Gasteiger partial charge in [-0.25, -0.2) is 9.97 Å². The van der Waals surface area contributed by atoms with Crippen molar-refractivity contribution in [3.8, 4) is 123 Å². The normalized spacial score (nSPS) is 17.2. The van der Waals surface area contributed by atoms with Gasteiger partial charge in [-0.3, -0.25) is 0 Å². The lowest BCUT2D eigenvalue weighted by Crippen LogP contribution is -2.12. The SMILES string of the molecule is [2H]C1(c2cc(C3([2H])CCCC3)c(-c3ncc4c(n3)-c3ccccc3-c3ccccc3-c3cc(-c5cccc6c5oc5ccccc56)ccc3-4)c(C3([2H])CCCC3)c2-c2ccc3c(c2)-c2ccccc2-c2ccccc2-c2ccccc2-3)CCCC1. The topological polar surface area (TPSA) is 38.9 Å². The number of rotatable bonds is 6. The summed E-state index contributed by atoms with van der Waals surface area (Å²) in [5, 5.41) is 2.20. The van der Waals surface area contributed by atoms with Crippen LogP contribution in [0.15, 0.2) is 217 Å². The summed E-state index contributed by atoms with van der Waals surface area (Å²) in [5.41, 5.74) is 27.0. The summed E-state index contributed by atoms with van der Waals surface area (Å²) in [6.45, 7) is 0. The van der Waals surface area contributed by atoms with Crippen molar-refractivity contribution in [2.45, 2.75) is 94.7 Å². The Kier molecular flexibility index (Phi) is 10.6. The quantitative estimate of drug-likeness (QED) is 0.167. The molecule has 0 bridgehead atoms. The van der Waals surface area contributed by atoms with Crippen molar-refractivity contribution in [2.75, 3.05) is 0 Å². The van der Waals surface area contributed by atoms with E-state index in [1.807, 2.05) is 12.1 Å². The standard InChI is InChI=1S/C79H62N2O/c1-2-21-48(20-1)68-46-69(49-22-3-4-23-49)76(75(50-24-5-6-25-50)74(68)52-41-43-63-58-30-10-9-28-56(58)54-26-7-8-27-55(54)57-29-11-13-33-61(57)71(63)45-52)79-80-47-72-64-42-40-51(53-37-19-38-67-65-35-17-18-39-73(65)82-78(53)67)44-70(64)62-34-14-12-31-59(62)60-32-15-16-36-66(60)77(72)81-79/h7-19,26-50H,1-6,20-25H2/i48D,49D,50D. The molecule has 3 nitrogen and oxygen atoms in total. The molecule has 5 aliphatic rings. The summed E-state index contributed by atoms with van der Waals surface area (Å²) in [4.78, 5) is 11.6. The number of furan rings is 1. The van der Waals surface area contributed by atoms with E-state index in [0.717, 1.165) is 179 Å². The second-order valence-corrected chi connectivity index (χ2v) is 23.5. The first-order chi connectivity index (χ1) is 41.7. The van der Waals surface area contributed by atoms with Crippen LogP contribution in [-0.4, -0.2) is 9.97 Å². The molecule has 0 unspecified atom stereocenters. The smallest absolute Gasteiger partial charge is 0.160 e. The molecule has 0 saturated heterocycles. The lowest BCUT2D eigenvalue weighted by Gasteiger charge is -2.31. The maximum absolute atomic E-state index is 11.1. The molecule has 82 heavy (non-hydrogen) atoms. The summed E-state index contributed by atoms with van der Waals surface area (Å²) in [5.74, 6) is -2.35. The minimum atomic E-state index is -1.04. The van der Waals surface area contributed by atoms with E-state index in [1.165, 1.54) is 27.8 Å². The van der Waals surface area contributed by atoms with Gasteiger partial charge < -0.3 is 4.42 Å². The number of fused-ring (bicyclic) bond motifs is 19. The molecule has 5 aliphatic carbocycles. The van der Waals surface area contributed by atoms with Gasteiger partial charge in [-0.05, 0) is 180 Å². The zero-order valence-corrected chi connectivity index (χ0v) is 46.0. The number of para-hydroxylation sites is 2. The van der Waals surface area contributed by atoms with Crippen molar-refractivity contribution in [1.29, 1.82) is 0 Å². The molecular weight excluding hydrogens is 993 g/mol. The number of nitrogens with zero attached hydrogens (tertiary/aromatic N) is 2. The monoisotopic (exact) mass is 1060 g/mol. The highest BCUT2D eigenvalue weighted by Crippen LogP contribution is 2.57. The number of aromatic nitrogens is 2. The van der Waals surface area contributed by atoms with Gasteiger partial charge in [0.15, 0.2) is 5.82 Å². The zero-order valence-electron chi connectivity index (χ0n) is 49.0. The zero-order chi connectivity index (χ0) is 56.6. The van der Waals surface area contributed by atoms with E-state index >= 15 is 0 Å². The minimum Gasteiger partial charge on any atom is -0.455 e. The molecule has 17 rings (SSSR count). The van der Waals surface area contributed by atoms with Crippen molar-refractivity contribution in [2.24, 2.45) is 0 Å². The van der Waals surface area contributed by atoms with Crippen LogP contribution in [0.4, 0.5) is 0 Å². The molecule has 12 aromatic rings. The summed E-state index contributed by atoms with van der Waals surface area (Å²) < 4.78 is 39.3. The van der Waals surface area contributed by atoms with Crippen molar-refractivity contribution in [3.05, 3.63) is 229 Å². The van der Waals surface area contributed by atoms with Crippen molar-refractivity contribution in [3.63, 3.8) is 0 Å². The van der Waals surface area contributed by atoms with Crippen LogP contribution in [0, 0.1) is 0 Å². The van der Waals surface area contributed by atoms with Gasteiger partial charge in [-0.2, -0.15) is 0 Å². The second kappa shape index (κ2) is 19.4. The Labute approximate surface area is 484 Å². The largest absolute Gasteiger partial charge is 0.455 e. The molecular formula is C79H62N2O. The van der Waals surface area contributed by atoms with E-state index in [1.54, 1.807) is 0 Å². The average molecular weight is 1060 g/mol. The Morgan fingerprint density at radius 3 is 1.33 bits per heavy atom. The second-order valence-electron chi connectivity index (χ2n) is 23.5. The van der Waals surface area contributed by atoms with Gasteiger partial charge in [0, 0.05) is 43.3 Å². The molecule has 3 saturated carbocycles. The first-order valence-corrected chi connectivity index (χ1v) is 30.0. The van der Waals surface area contributed by atoms with Crippen LogP contribution < -0.4 is 0 Å². The molecule has 0 radical (unpaired) electrons. The highest BCUT2D eigenvalue weighted by atomic mass is 16.3. The van der Waals surface area contributed by atoms with E-state index in [-0.39, 0.29) is 0 Å². The fraction of sp³-hybridized carbons (Fsp3) is 0.190. The molecule has 2 aromatic heterocycles. The van der Waals surface area contributed by atoms with Crippen molar-refractivity contribution in [1.82, 2.24) is 9.97 Å². The summed E-state index contributed by atoms with van der Waals surface area (Å²) in [6, 6.07) is 74.8. The molecule has 10 aromatic carbocycles. The predicted octanol–water partition coefficient (Wildman–Crippen LogP) is 22.3. The first kappa shape index (κ1) is 44.8. The van der Waals surface area contributed by atoms with Gasteiger partial charge >= 0.3 is 0 Å². The molecule has 3 fully saturated rings. The highest BCUT2D eigenvalue weighted by Gasteiger charge is 2.36. The van der Waals surface area contributed by atoms with Gasteiger partial charge in [0.05, 0.1) is 5.69 Å². The maximum atomic E-state index is 11.1. The molecule has 394 valence electrons. The lowest BCUT2D eigenvalue weighted by atomic mass is 9.74. The predicted molar refractivity (Wildman–Crippen MR) is 340 cm³/mol. The fourth-order valence-electron chi connectivity index (χ4n) is 15.3. The molecule has 0 aliphatic heterocycles. The van der Waals surface area contributed by atoms with Gasteiger partial charge in [0.2, 0.25) is 0 Å². The molecule has 0 N–H and O–H groups in total. The molecule has 0 atom stereocenters. The third kappa shape index (κ3) is 7.55. The summed E-state index contributed by atoms with van der Waals surface area (Å²) >= 11 is 0. The molecule has 0 amide bonds. The fourth-order valence-corrected chi connectivity index (χ4v) is 15.3.